The predicted octanol–water partition coefficient (Wildman–Crippen LogP) is 1.99. The predicted molar refractivity (Wildman–Crippen MR) is 113 cm³/mol. The number of H-pyrrole nitrogens is 1. The van der Waals surface area contributed by atoms with Crippen LogP contribution < -0.4 is 0 Å². The number of nitrogens with zero attached hydrogens (tertiary/aromatic N) is 3. The highest BCUT2D eigenvalue weighted by Gasteiger charge is 2.53. The number of hydrogen-bond donors (Lipinski definition) is 2. The zero-order valence-corrected chi connectivity index (χ0v) is 17.4. The third kappa shape index (κ3) is 3.28. The van der Waals surface area contributed by atoms with Gasteiger partial charge in [0.1, 0.15) is 11.9 Å². The summed E-state index contributed by atoms with van der Waals surface area (Å²) in [7, 11) is 2.67. The molecule has 2 heterocycles. The Bertz CT molecular complexity index is 1240. The first-order valence-corrected chi connectivity index (χ1v) is 9.89. The molecular weight excluding hydrogens is 419 g/mol. The standard InChI is InChI=1S/C22H21FN4O5/c1-25-18(10-14-12-24-16-8-5-9-17(19(14)16)27(31)32)20(28)26(2)22(30,21(25)29)11-13-6-3-4-7-15(13)23/h3-9,12,18,24,30H,10-11H2,1-2H3/t18-,22+/m0/s1. The van der Waals surface area contributed by atoms with Gasteiger partial charge in [0.2, 0.25) is 11.6 Å². The van der Waals surface area contributed by atoms with Crippen molar-refractivity contribution in [2.45, 2.75) is 24.6 Å². The normalized spacial score (nSPS) is 21.4. The Morgan fingerprint density at radius 1 is 1.16 bits per heavy atom. The minimum atomic E-state index is -2.25. The van der Waals surface area contributed by atoms with Crippen molar-refractivity contribution in [1.29, 1.82) is 0 Å². The van der Waals surface area contributed by atoms with Crippen LogP contribution in [-0.2, 0) is 22.4 Å². The van der Waals surface area contributed by atoms with Crippen LogP contribution >= 0.6 is 0 Å². The summed E-state index contributed by atoms with van der Waals surface area (Å²) in [5, 5.41) is 22.9. The Morgan fingerprint density at radius 3 is 2.56 bits per heavy atom. The summed E-state index contributed by atoms with van der Waals surface area (Å²) in [6.07, 6.45) is 1.17. The highest BCUT2D eigenvalue weighted by molar-refractivity contribution is 5.99. The van der Waals surface area contributed by atoms with Crippen LogP contribution in [0.15, 0.2) is 48.7 Å². The highest BCUT2D eigenvalue weighted by Crippen LogP contribution is 2.33. The number of rotatable bonds is 5. The maximum atomic E-state index is 14.1. The Hall–Kier alpha value is -3.79. The number of fused-ring (bicyclic) bond motifs is 1. The van der Waals surface area contributed by atoms with Gasteiger partial charge in [-0.3, -0.25) is 19.7 Å². The number of non-ortho nitro benzene ring substituents is 1. The third-order valence-electron chi connectivity index (χ3n) is 6.07. The smallest absolute Gasteiger partial charge is 0.279 e. The second-order valence-electron chi connectivity index (χ2n) is 7.89. The van der Waals surface area contributed by atoms with Gasteiger partial charge in [-0.05, 0) is 23.3 Å². The van der Waals surface area contributed by atoms with Crippen LogP contribution in [0.5, 0.6) is 0 Å². The van der Waals surface area contributed by atoms with Crippen LogP contribution in [0.2, 0.25) is 0 Å². The molecular formula is C22H21FN4O5. The first-order valence-electron chi connectivity index (χ1n) is 9.89. The molecule has 0 unspecified atom stereocenters. The molecule has 2 N–H and O–H groups in total. The maximum Gasteiger partial charge on any atom is 0.279 e. The molecule has 1 fully saturated rings. The molecule has 2 atom stereocenters. The number of likely N-dealkylation sites (N-methyl/N-ethyl adjacent to an activating group) is 2. The van der Waals surface area contributed by atoms with Crippen LogP contribution in [-0.4, -0.2) is 62.5 Å². The van der Waals surface area contributed by atoms with Crippen molar-refractivity contribution in [2.24, 2.45) is 0 Å². The lowest BCUT2D eigenvalue weighted by Crippen LogP contribution is -2.71. The van der Waals surface area contributed by atoms with E-state index in [0.29, 0.717) is 16.5 Å². The number of nitro groups is 1. The topological polar surface area (TPSA) is 120 Å². The lowest BCUT2D eigenvalue weighted by Gasteiger charge is -2.47. The molecule has 1 aromatic heterocycles. The number of carbonyl (C=O) groups excluding carboxylic acids is 2. The molecule has 0 saturated carbocycles. The molecule has 0 radical (unpaired) electrons. The number of aliphatic hydroxyl groups is 1. The maximum absolute atomic E-state index is 14.1. The first-order chi connectivity index (χ1) is 15.1. The van der Waals surface area contributed by atoms with Crippen molar-refractivity contribution in [2.75, 3.05) is 14.1 Å². The summed E-state index contributed by atoms with van der Waals surface area (Å²) in [6.45, 7) is 0. The number of nitrogens with one attached hydrogen (secondary N) is 1. The fourth-order valence-electron chi connectivity index (χ4n) is 4.22. The molecule has 0 bridgehead atoms. The van der Waals surface area contributed by atoms with Crippen molar-refractivity contribution in [1.82, 2.24) is 14.8 Å². The summed E-state index contributed by atoms with van der Waals surface area (Å²) in [5.74, 6) is -1.91. The van der Waals surface area contributed by atoms with Gasteiger partial charge in [0, 0.05) is 39.2 Å². The van der Waals surface area contributed by atoms with Gasteiger partial charge in [-0.25, -0.2) is 4.39 Å². The average Bonchev–Trinajstić information content (AvgIpc) is 3.19. The average molecular weight is 440 g/mol. The van der Waals surface area contributed by atoms with Gasteiger partial charge in [-0.1, -0.05) is 24.3 Å². The molecule has 1 aliphatic rings. The minimum absolute atomic E-state index is 0.00600. The molecule has 2 aromatic carbocycles. The number of aromatic nitrogens is 1. The molecule has 1 aliphatic heterocycles. The van der Waals surface area contributed by atoms with Gasteiger partial charge in [0.25, 0.3) is 11.6 Å². The molecule has 10 heteroatoms. The van der Waals surface area contributed by atoms with Crippen LogP contribution in [0.1, 0.15) is 11.1 Å². The molecule has 1 saturated heterocycles. The number of hydrogen-bond acceptors (Lipinski definition) is 5. The van der Waals surface area contributed by atoms with Crippen molar-refractivity contribution < 1.29 is 24.0 Å². The number of halogens is 1. The largest absolute Gasteiger partial charge is 0.363 e. The molecule has 3 aromatic rings. The van der Waals surface area contributed by atoms with Gasteiger partial charge < -0.3 is 19.9 Å². The SMILES string of the molecule is CN1C(=O)[C@](O)(Cc2ccccc2F)N(C)C(=O)[C@@H]1Cc1c[nH]c2cccc([N+](=O)[O-])c12. The van der Waals surface area contributed by atoms with Gasteiger partial charge in [0.05, 0.1) is 15.8 Å². The summed E-state index contributed by atoms with van der Waals surface area (Å²) in [4.78, 5) is 42.3. The Labute approximate surface area is 182 Å². The zero-order valence-electron chi connectivity index (χ0n) is 17.4. The van der Waals surface area contributed by atoms with E-state index >= 15 is 0 Å². The van der Waals surface area contributed by atoms with Gasteiger partial charge >= 0.3 is 0 Å². The van der Waals surface area contributed by atoms with E-state index in [2.05, 4.69) is 4.98 Å². The van der Waals surface area contributed by atoms with E-state index < -0.39 is 40.7 Å². The number of nitro benzene ring substituents is 1. The zero-order chi connectivity index (χ0) is 23.2. The van der Waals surface area contributed by atoms with E-state index in [0.717, 1.165) is 9.80 Å². The summed E-state index contributed by atoms with van der Waals surface area (Å²) >= 11 is 0. The molecule has 9 nitrogen and oxygen atoms in total. The molecule has 0 aliphatic carbocycles. The Kier molecular flexibility index (Phi) is 5.17. The quantitative estimate of drug-likeness (QED) is 0.464. The number of aromatic amines is 1. The molecule has 0 spiro atoms. The fraction of sp³-hybridized carbons (Fsp3) is 0.273. The van der Waals surface area contributed by atoms with Crippen LogP contribution in [0.25, 0.3) is 10.9 Å². The summed E-state index contributed by atoms with van der Waals surface area (Å²) < 4.78 is 14.1. The van der Waals surface area contributed by atoms with E-state index in [9.17, 15) is 29.2 Å². The van der Waals surface area contributed by atoms with Crippen molar-refractivity contribution in [3.05, 3.63) is 75.7 Å². The monoisotopic (exact) mass is 440 g/mol. The van der Waals surface area contributed by atoms with E-state index in [-0.39, 0.29) is 17.7 Å². The van der Waals surface area contributed by atoms with Crippen LogP contribution in [0.3, 0.4) is 0 Å². The molecule has 4 rings (SSSR count). The number of amides is 2. The van der Waals surface area contributed by atoms with E-state index in [4.69, 9.17) is 0 Å². The molecule has 2 amide bonds. The van der Waals surface area contributed by atoms with Gasteiger partial charge in [-0.2, -0.15) is 0 Å². The van der Waals surface area contributed by atoms with Crippen molar-refractivity contribution in [3.63, 3.8) is 0 Å². The molecule has 32 heavy (non-hydrogen) atoms. The number of benzene rings is 2. The van der Waals surface area contributed by atoms with Crippen molar-refractivity contribution >= 4 is 28.4 Å². The molecule has 166 valence electrons. The van der Waals surface area contributed by atoms with E-state index in [1.165, 1.54) is 38.4 Å². The number of piperazine rings is 1. The summed E-state index contributed by atoms with van der Waals surface area (Å²) in [6, 6.07) is 9.33. The second kappa shape index (κ2) is 7.72. The van der Waals surface area contributed by atoms with Gasteiger partial charge in [-0.15, -0.1) is 0 Å². The number of carbonyl (C=O) groups is 2. The lowest BCUT2D eigenvalue weighted by molar-refractivity contribution is -0.383. The lowest BCUT2D eigenvalue weighted by atomic mass is 9.92. The van der Waals surface area contributed by atoms with Crippen LogP contribution in [0, 0.1) is 15.9 Å². The Balaban J connectivity index is 1.67. The summed E-state index contributed by atoms with van der Waals surface area (Å²) in [5.41, 5.74) is -1.23. The van der Waals surface area contributed by atoms with E-state index in [1.54, 1.807) is 24.4 Å². The fourth-order valence-corrected chi connectivity index (χ4v) is 4.22. The minimum Gasteiger partial charge on any atom is -0.363 e. The van der Waals surface area contributed by atoms with E-state index in [1.807, 2.05) is 0 Å². The Morgan fingerprint density at radius 2 is 1.88 bits per heavy atom. The third-order valence-corrected chi connectivity index (χ3v) is 6.07. The van der Waals surface area contributed by atoms with Gasteiger partial charge in [0.15, 0.2) is 0 Å². The first kappa shape index (κ1) is 21.4. The van der Waals surface area contributed by atoms with Crippen LogP contribution in [0.4, 0.5) is 10.1 Å². The van der Waals surface area contributed by atoms with Crippen molar-refractivity contribution in [3.8, 4) is 0 Å². The highest BCUT2D eigenvalue weighted by atomic mass is 19.1. The second-order valence-corrected chi connectivity index (χ2v) is 7.89.